The van der Waals surface area contributed by atoms with Crippen molar-refractivity contribution < 1.29 is 4.79 Å². The van der Waals surface area contributed by atoms with E-state index in [0.717, 1.165) is 0 Å². The monoisotopic (exact) mass is 228 g/mol. The third kappa shape index (κ3) is 3.71. The van der Waals surface area contributed by atoms with Crippen molar-refractivity contribution in [2.45, 2.75) is 6.42 Å². The van der Waals surface area contributed by atoms with Crippen LogP contribution < -0.4 is 10.2 Å². The highest BCUT2D eigenvalue weighted by Gasteiger charge is 2.05. The molecule has 0 radical (unpaired) electrons. The molecule has 0 bridgehead atoms. The van der Waals surface area contributed by atoms with Gasteiger partial charge in [0, 0.05) is 33.3 Å². The first kappa shape index (κ1) is 11.7. The van der Waals surface area contributed by atoms with E-state index < -0.39 is 0 Å². The molecule has 0 aromatic carbocycles. The van der Waals surface area contributed by atoms with Gasteiger partial charge < -0.3 is 10.2 Å². The number of aromatic nitrogens is 2. The van der Waals surface area contributed by atoms with Crippen LogP contribution in [0.3, 0.4) is 0 Å². The molecule has 0 aliphatic heterocycles. The van der Waals surface area contributed by atoms with E-state index in [1.807, 2.05) is 11.9 Å². The molecule has 1 rings (SSSR count). The maximum atomic E-state index is 11.0. The first-order valence-corrected chi connectivity index (χ1v) is 4.91. The number of rotatable bonds is 4. The van der Waals surface area contributed by atoms with Crippen LogP contribution in [-0.4, -0.2) is 36.5 Å². The number of nitrogens with zero attached hydrogens (tertiary/aromatic N) is 3. The minimum atomic E-state index is 0.00185. The lowest BCUT2D eigenvalue weighted by atomic mass is 10.3. The van der Waals surface area contributed by atoms with Gasteiger partial charge in [0.05, 0.1) is 0 Å². The molecule has 1 aromatic heterocycles. The van der Waals surface area contributed by atoms with Gasteiger partial charge in [0.15, 0.2) is 0 Å². The smallest absolute Gasteiger partial charge is 0.224 e. The Kier molecular flexibility index (Phi) is 4.30. The molecule has 0 spiro atoms. The summed E-state index contributed by atoms with van der Waals surface area (Å²) in [6.45, 7) is 0.590. The first-order valence-electron chi connectivity index (χ1n) is 4.53. The van der Waals surface area contributed by atoms with Crippen molar-refractivity contribution in [3.8, 4) is 0 Å². The molecular weight excluding hydrogens is 216 g/mol. The molecule has 6 heteroatoms. The Morgan fingerprint density at radius 1 is 1.67 bits per heavy atom. The summed E-state index contributed by atoms with van der Waals surface area (Å²) in [5, 5.41) is 2.77. The summed E-state index contributed by atoms with van der Waals surface area (Å²) >= 11 is 5.65. The van der Waals surface area contributed by atoms with Gasteiger partial charge in [-0.1, -0.05) is 0 Å². The molecule has 1 aromatic rings. The van der Waals surface area contributed by atoms with E-state index >= 15 is 0 Å². The summed E-state index contributed by atoms with van der Waals surface area (Å²) in [6, 6.07) is 1.75. The predicted octanol–water partition coefficient (Wildman–Crippen LogP) is 0.702. The predicted molar refractivity (Wildman–Crippen MR) is 59.0 cm³/mol. The molecule has 0 unspecified atom stereocenters. The molecule has 0 aliphatic carbocycles. The maximum absolute atomic E-state index is 11.0. The number of carbonyl (C=O) groups is 1. The average Bonchev–Trinajstić information content (AvgIpc) is 2.25. The normalized spacial score (nSPS) is 9.80. The molecule has 0 aliphatic rings. The number of amides is 1. The van der Waals surface area contributed by atoms with Crippen LogP contribution in [0.2, 0.25) is 5.28 Å². The van der Waals surface area contributed by atoms with Gasteiger partial charge in [0.2, 0.25) is 11.2 Å². The van der Waals surface area contributed by atoms with Crippen LogP contribution in [0.4, 0.5) is 5.82 Å². The van der Waals surface area contributed by atoms with Crippen LogP contribution in [0, 0.1) is 0 Å². The van der Waals surface area contributed by atoms with Crippen molar-refractivity contribution in [1.82, 2.24) is 15.3 Å². The zero-order valence-electron chi connectivity index (χ0n) is 8.70. The fraction of sp³-hybridized carbons (Fsp3) is 0.444. The summed E-state index contributed by atoms with van der Waals surface area (Å²) in [6.07, 6.45) is 2.01. The highest BCUT2D eigenvalue weighted by Crippen LogP contribution is 2.10. The molecular formula is C9H13ClN4O. The molecule has 0 saturated heterocycles. The Hall–Kier alpha value is -1.36. The molecule has 1 heterocycles. The van der Waals surface area contributed by atoms with Gasteiger partial charge in [-0.2, -0.15) is 0 Å². The topological polar surface area (TPSA) is 58.1 Å². The van der Waals surface area contributed by atoms with E-state index in [9.17, 15) is 4.79 Å². The number of nitrogens with one attached hydrogen (secondary N) is 1. The zero-order chi connectivity index (χ0) is 11.3. The van der Waals surface area contributed by atoms with E-state index in [-0.39, 0.29) is 11.2 Å². The van der Waals surface area contributed by atoms with Crippen LogP contribution in [0.25, 0.3) is 0 Å². The highest BCUT2D eigenvalue weighted by molar-refractivity contribution is 6.28. The van der Waals surface area contributed by atoms with Crippen LogP contribution in [0.1, 0.15) is 6.42 Å². The Morgan fingerprint density at radius 2 is 2.40 bits per heavy atom. The van der Waals surface area contributed by atoms with Gasteiger partial charge in [0.25, 0.3) is 0 Å². The average molecular weight is 229 g/mol. The Bertz CT molecular complexity index is 345. The number of halogens is 1. The summed E-state index contributed by atoms with van der Waals surface area (Å²) in [5.41, 5.74) is 0. The Balaban J connectivity index is 2.53. The quantitative estimate of drug-likeness (QED) is 0.771. The molecule has 15 heavy (non-hydrogen) atoms. The van der Waals surface area contributed by atoms with Gasteiger partial charge in [0.1, 0.15) is 5.82 Å². The Morgan fingerprint density at radius 3 is 3.00 bits per heavy atom. The molecule has 1 N–H and O–H groups in total. The molecule has 5 nitrogen and oxygen atoms in total. The molecule has 0 saturated carbocycles. The summed E-state index contributed by atoms with van der Waals surface area (Å²) in [5.74, 6) is 0.709. The number of anilines is 1. The van der Waals surface area contributed by atoms with Crippen LogP contribution in [-0.2, 0) is 4.79 Å². The maximum Gasteiger partial charge on any atom is 0.224 e. The number of hydrogen-bond donors (Lipinski definition) is 1. The van der Waals surface area contributed by atoms with Gasteiger partial charge in [-0.25, -0.2) is 9.97 Å². The highest BCUT2D eigenvalue weighted by atomic mass is 35.5. The van der Waals surface area contributed by atoms with Crippen molar-refractivity contribution in [2.24, 2.45) is 0 Å². The summed E-state index contributed by atoms with van der Waals surface area (Å²) in [4.78, 5) is 20.7. The fourth-order valence-electron chi connectivity index (χ4n) is 1.05. The van der Waals surface area contributed by atoms with E-state index in [4.69, 9.17) is 11.6 Å². The van der Waals surface area contributed by atoms with Crippen LogP contribution in [0.5, 0.6) is 0 Å². The van der Waals surface area contributed by atoms with Crippen LogP contribution in [0.15, 0.2) is 12.3 Å². The number of hydrogen-bond acceptors (Lipinski definition) is 4. The van der Waals surface area contributed by atoms with E-state index in [1.54, 1.807) is 19.3 Å². The van der Waals surface area contributed by atoms with E-state index in [0.29, 0.717) is 18.8 Å². The van der Waals surface area contributed by atoms with E-state index in [1.165, 1.54) is 0 Å². The van der Waals surface area contributed by atoms with Crippen LogP contribution >= 0.6 is 11.6 Å². The van der Waals surface area contributed by atoms with Crippen molar-refractivity contribution in [1.29, 1.82) is 0 Å². The third-order valence-electron chi connectivity index (χ3n) is 1.96. The SMILES string of the molecule is CNC(=O)CCN(C)c1ccnc(Cl)n1. The summed E-state index contributed by atoms with van der Waals surface area (Å²) in [7, 11) is 3.46. The lowest BCUT2D eigenvalue weighted by Crippen LogP contribution is -2.26. The number of carbonyl (C=O) groups excluding carboxylic acids is 1. The molecule has 82 valence electrons. The molecule has 0 fully saturated rings. The minimum Gasteiger partial charge on any atom is -0.359 e. The van der Waals surface area contributed by atoms with Gasteiger partial charge in [-0.3, -0.25) is 4.79 Å². The largest absolute Gasteiger partial charge is 0.359 e. The molecule has 0 atom stereocenters. The summed E-state index contributed by atoms with van der Waals surface area (Å²) < 4.78 is 0. The Labute approximate surface area is 93.5 Å². The van der Waals surface area contributed by atoms with Crippen molar-refractivity contribution >= 4 is 23.3 Å². The fourth-order valence-corrected chi connectivity index (χ4v) is 1.19. The second-order valence-electron chi connectivity index (χ2n) is 3.03. The lowest BCUT2D eigenvalue weighted by molar-refractivity contribution is -0.120. The standard InChI is InChI=1S/C9H13ClN4O/c1-11-8(15)4-6-14(2)7-3-5-12-9(10)13-7/h3,5H,4,6H2,1-2H3,(H,11,15). The van der Waals surface area contributed by atoms with Crippen molar-refractivity contribution in [2.75, 3.05) is 25.5 Å². The van der Waals surface area contributed by atoms with Gasteiger partial charge in [-0.15, -0.1) is 0 Å². The van der Waals surface area contributed by atoms with Crippen molar-refractivity contribution in [3.63, 3.8) is 0 Å². The first-order chi connectivity index (χ1) is 7.13. The lowest BCUT2D eigenvalue weighted by Gasteiger charge is -2.17. The molecule has 1 amide bonds. The second kappa shape index (κ2) is 5.50. The van der Waals surface area contributed by atoms with Crippen molar-refractivity contribution in [3.05, 3.63) is 17.5 Å². The van der Waals surface area contributed by atoms with Gasteiger partial charge >= 0.3 is 0 Å². The van der Waals surface area contributed by atoms with E-state index in [2.05, 4.69) is 15.3 Å². The third-order valence-corrected chi connectivity index (χ3v) is 2.14. The minimum absolute atomic E-state index is 0.00185. The zero-order valence-corrected chi connectivity index (χ0v) is 9.45. The van der Waals surface area contributed by atoms with Gasteiger partial charge in [-0.05, 0) is 17.7 Å². The second-order valence-corrected chi connectivity index (χ2v) is 3.37.